The maximum atomic E-state index is 13.7. The number of aliphatic hydroxyl groups is 1. The lowest BCUT2D eigenvalue weighted by molar-refractivity contribution is 0.175. The Morgan fingerprint density at radius 3 is 2.63 bits per heavy atom. The van der Waals surface area contributed by atoms with E-state index in [-0.39, 0.29) is 11.4 Å². The molecule has 2 rings (SSSR count). The molecule has 2 aromatic rings. The Balaban J connectivity index is 2.01. The van der Waals surface area contributed by atoms with Crippen molar-refractivity contribution in [2.24, 2.45) is 0 Å². The molecule has 1 atom stereocenters. The number of thiophene rings is 1. The predicted octanol–water partition coefficient (Wildman–Crippen LogP) is 4.25. The molecule has 0 aliphatic carbocycles. The first kappa shape index (κ1) is 14.5. The van der Waals surface area contributed by atoms with Crippen LogP contribution in [0, 0.1) is 5.82 Å². The summed E-state index contributed by atoms with van der Waals surface area (Å²) in [5.41, 5.74) is 0.465. The highest BCUT2D eigenvalue weighted by Gasteiger charge is 2.13. The summed E-state index contributed by atoms with van der Waals surface area (Å²) in [6.45, 7) is 2.10. The molecule has 0 fully saturated rings. The summed E-state index contributed by atoms with van der Waals surface area (Å²) in [4.78, 5) is 2.43. The molecule has 1 heterocycles. The van der Waals surface area contributed by atoms with Gasteiger partial charge in [-0.1, -0.05) is 30.7 Å². The lowest BCUT2D eigenvalue weighted by atomic mass is 10.0. The third-order valence-electron chi connectivity index (χ3n) is 2.99. The van der Waals surface area contributed by atoms with E-state index in [4.69, 9.17) is 11.6 Å². The highest BCUT2D eigenvalue weighted by molar-refractivity contribution is 7.11. The average molecular weight is 299 g/mol. The number of halogens is 2. The van der Waals surface area contributed by atoms with Gasteiger partial charge in [-0.2, -0.15) is 0 Å². The molecule has 1 nitrogen and oxygen atoms in total. The predicted molar refractivity (Wildman–Crippen MR) is 78.5 cm³/mol. The van der Waals surface area contributed by atoms with E-state index in [1.54, 1.807) is 23.5 Å². The topological polar surface area (TPSA) is 20.2 Å². The van der Waals surface area contributed by atoms with Gasteiger partial charge in [0.15, 0.2) is 0 Å². The Hall–Kier alpha value is -0.900. The maximum Gasteiger partial charge on any atom is 0.145 e. The molecule has 0 saturated carbocycles. The van der Waals surface area contributed by atoms with Gasteiger partial charge in [0.25, 0.3) is 0 Å². The van der Waals surface area contributed by atoms with Gasteiger partial charge in [-0.05, 0) is 30.2 Å². The molecule has 4 heteroatoms. The summed E-state index contributed by atoms with van der Waals surface area (Å²) in [5, 5.41) is 10.2. The van der Waals surface area contributed by atoms with E-state index in [1.807, 2.05) is 6.07 Å². The molecular weight excluding hydrogens is 283 g/mol. The second kappa shape index (κ2) is 6.51. The maximum absolute atomic E-state index is 13.7. The number of aliphatic hydroxyl groups excluding tert-OH is 1. The van der Waals surface area contributed by atoms with Gasteiger partial charge in [-0.25, -0.2) is 4.39 Å². The second-order valence-corrected chi connectivity index (χ2v) is 6.16. The molecule has 0 amide bonds. The third-order valence-corrected chi connectivity index (χ3v) is 4.53. The Kier molecular flexibility index (Phi) is 4.97. The molecule has 1 N–H and O–H groups in total. The van der Waals surface area contributed by atoms with Gasteiger partial charge in [-0.3, -0.25) is 0 Å². The minimum Gasteiger partial charge on any atom is -0.392 e. The zero-order valence-corrected chi connectivity index (χ0v) is 12.3. The van der Waals surface area contributed by atoms with Crippen molar-refractivity contribution in [3.63, 3.8) is 0 Å². The summed E-state index contributed by atoms with van der Waals surface area (Å²) < 4.78 is 13.7. The zero-order valence-electron chi connectivity index (χ0n) is 10.7. The quantitative estimate of drug-likeness (QED) is 0.875. The lowest BCUT2D eigenvalue weighted by Crippen LogP contribution is -2.14. The molecule has 102 valence electrons. The molecule has 0 spiro atoms. The van der Waals surface area contributed by atoms with Crippen LogP contribution in [0.2, 0.25) is 5.02 Å². The lowest BCUT2D eigenvalue weighted by Gasteiger charge is -2.10. The summed E-state index contributed by atoms with van der Waals surface area (Å²) in [7, 11) is 0. The molecule has 1 aromatic heterocycles. The number of rotatable bonds is 5. The fraction of sp³-hybridized carbons (Fsp3) is 0.333. The summed E-state index contributed by atoms with van der Waals surface area (Å²) in [6.07, 6.45) is 1.25. The van der Waals surface area contributed by atoms with Crippen LogP contribution in [0.15, 0.2) is 30.3 Å². The number of hydrogen-bond acceptors (Lipinski definition) is 2. The highest BCUT2D eigenvalue weighted by atomic mass is 35.5. The first-order chi connectivity index (χ1) is 9.10. The van der Waals surface area contributed by atoms with Crippen molar-refractivity contribution < 1.29 is 9.50 Å². The van der Waals surface area contributed by atoms with E-state index < -0.39 is 11.9 Å². The van der Waals surface area contributed by atoms with Gasteiger partial charge >= 0.3 is 0 Å². The smallest absolute Gasteiger partial charge is 0.145 e. The molecule has 0 radical (unpaired) electrons. The first-order valence-corrected chi connectivity index (χ1v) is 7.48. The number of aryl methyl sites for hydroxylation is 1. The normalized spacial score (nSPS) is 12.6. The van der Waals surface area contributed by atoms with Crippen molar-refractivity contribution in [2.75, 3.05) is 0 Å². The van der Waals surface area contributed by atoms with Crippen LogP contribution >= 0.6 is 22.9 Å². The summed E-state index contributed by atoms with van der Waals surface area (Å²) in [5.74, 6) is -0.427. The Labute approximate surface area is 121 Å². The van der Waals surface area contributed by atoms with Gasteiger partial charge < -0.3 is 5.11 Å². The van der Waals surface area contributed by atoms with Crippen LogP contribution in [0.3, 0.4) is 0 Å². The van der Waals surface area contributed by atoms with Crippen molar-refractivity contribution >= 4 is 22.9 Å². The van der Waals surface area contributed by atoms with E-state index >= 15 is 0 Å². The van der Waals surface area contributed by atoms with E-state index in [9.17, 15) is 9.50 Å². The molecule has 0 aliphatic heterocycles. The van der Waals surface area contributed by atoms with E-state index in [0.29, 0.717) is 12.0 Å². The van der Waals surface area contributed by atoms with Crippen molar-refractivity contribution in [1.82, 2.24) is 0 Å². The van der Waals surface area contributed by atoms with E-state index in [0.717, 1.165) is 11.3 Å². The van der Waals surface area contributed by atoms with Crippen molar-refractivity contribution in [2.45, 2.75) is 32.3 Å². The van der Waals surface area contributed by atoms with E-state index in [2.05, 4.69) is 13.0 Å². The molecule has 1 unspecified atom stereocenters. The summed E-state index contributed by atoms with van der Waals surface area (Å²) in [6, 6.07) is 8.98. The van der Waals surface area contributed by atoms with Gasteiger partial charge in [0.05, 0.1) is 11.1 Å². The molecule has 0 aliphatic rings. The molecule has 1 aromatic carbocycles. The van der Waals surface area contributed by atoms with Crippen LogP contribution < -0.4 is 0 Å². The van der Waals surface area contributed by atoms with Crippen LogP contribution in [0.5, 0.6) is 0 Å². The second-order valence-electron chi connectivity index (χ2n) is 4.50. The fourth-order valence-corrected chi connectivity index (χ4v) is 3.21. The van der Waals surface area contributed by atoms with Gasteiger partial charge in [0, 0.05) is 22.6 Å². The highest BCUT2D eigenvalue weighted by Crippen LogP contribution is 2.22. The van der Waals surface area contributed by atoms with Crippen LogP contribution in [0.1, 0.15) is 22.2 Å². The van der Waals surface area contributed by atoms with Crippen molar-refractivity contribution in [3.05, 3.63) is 56.5 Å². The van der Waals surface area contributed by atoms with Gasteiger partial charge in [-0.15, -0.1) is 11.3 Å². The Morgan fingerprint density at radius 2 is 1.95 bits per heavy atom. The monoisotopic (exact) mass is 298 g/mol. The Morgan fingerprint density at radius 1 is 1.21 bits per heavy atom. The van der Waals surface area contributed by atoms with Crippen LogP contribution in [-0.4, -0.2) is 11.2 Å². The van der Waals surface area contributed by atoms with Crippen molar-refractivity contribution in [3.8, 4) is 0 Å². The third kappa shape index (κ3) is 3.78. The standard InChI is InChI=1S/C15H16ClFOS/c1-2-12-6-7-13(19-12)9-11(18)8-10-4-3-5-14(16)15(10)17/h3-7,11,18H,2,8-9H2,1H3. The van der Waals surface area contributed by atoms with E-state index in [1.165, 1.54) is 10.9 Å². The fourth-order valence-electron chi connectivity index (χ4n) is 1.99. The zero-order chi connectivity index (χ0) is 13.8. The summed E-state index contributed by atoms with van der Waals surface area (Å²) >= 11 is 7.42. The average Bonchev–Trinajstić information content (AvgIpc) is 2.82. The molecule has 0 saturated heterocycles. The number of benzene rings is 1. The van der Waals surface area contributed by atoms with Crippen LogP contribution in [-0.2, 0) is 19.3 Å². The van der Waals surface area contributed by atoms with Crippen LogP contribution in [0.4, 0.5) is 4.39 Å². The SMILES string of the molecule is CCc1ccc(CC(O)Cc2cccc(Cl)c2F)s1. The van der Waals surface area contributed by atoms with Gasteiger partial charge in [0.2, 0.25) is 0 Å². The minimum absolute atomic E-state index is 0.106. The number of hydrogen-bond donors (Lipinski definition) is 1. The molecule has 19 heavy (non-hydrogen) atoms. The minimum atomic E-state index is -0.587. The first-order valence-electron chi connectivity index (χ1n) is 6.28. The van der Waals surface area contributed by atoms with Crippen LogP contribution in [0.25, 0.3) is 0 Å². The molecular formula is C15H16ClFOS. The van der Waals surface area contributed by atoms with Gasteiger partial charge in [0.1, 0.15) is 5.82 Å². The van der Waals surface area contributed by atoms with Crippen molar-refractivity contribution in [1.29, 1.82) is 0 Å². The Bertz CT molecular complexity index is 553. The largest absolute Gasteiger partial charge is 0.392 e. The molecule has 0 bridgehead atoms.